The Hall–Kier alpha value is -2.47. The van der Waals surface area contributed by atoms with Gasteiger partial charge < -0.3 is 5.73 Å². The molecule has 1 unspecified atom stereocenters. The van der Waals surface area contributed by atoms with Gasteiger partial charge in [-0.3, -0.25) is 9.69 Å². The number of rotatable bonds is 3. The molecule has 0 spiro atoms. The van der Waals surface area contributed by atoms with Crippen molar-refractivity contribution in [2.75, 3.05) is 7.05 Å². The fourth-order valence-corrected chi connectivity index (χ4v) is 4.00. The van der Waals surface area contributed by atoms with Gasteiger partial charge in [0.2, 0.25) is 5.91 Å². The summed E-state index contributed by atoms with van der Waals surface area (Å²) in [6.07, 6.45) is 4.34. The van der Waals surface area contributed by atoms with Gasteiger partial charge in [-0.15, -0.1) is 11.3 Å². The van der Waals surface area contributed by atoms with Crippen molar-refractivity contribution >= 4 is 28.8 Å². The van der Waals surface area contributed by atoms with Crippen LogP contribution in [-0.2, 0) is 4.79 Å². The molecule has 6 heteroatoms. The molecule has 0 radical (unpaired) electrons. The van der Waals surface area contributed by atoms with Gasteiger partial charge in [-0.1, -0.05) is 12.1 Å². The summed E-state index contributed by atoms with van der Waals surface area (Å²) in [7, 11) is 1.63. The van der Waals surface area contributed by atoms with Crippen LogP contribution in [0.1, 0.15) is 35.7 Å². The molecule has 2 aromatic rings. The average Bonchev–Trinajstić information content (AvgIpc) is 3.02. The molecule has 4 nitrogen and oxygen atoms in total. The summed E-state index contributed by atoms with van der Waals surface area (Å²) < 4.78 is 14.1. The fraction of sp³-hybridized carbons (Fsp3) is 0.263. The van der Waals surface area contributed by atoms with Crippen LogP contribution in [0.25, 0.3) is 16.7 Å². The molecule has 0 fully saturated rings. The quantitative estimate of drug-likeness (QED) is 0.906. The minimum absolute atomic E-state index is 0.0339. The van der Waals surface area contributed by atoms with Crippen molar-refractivity contribution in [1.29, 1.82) is 0 Å². The van der Waals surface area contributed by atoms with Crippen LogP contribution in [0.15, 0.2) is 40.7 Å². The van der Waals surface area contributed by atoms with E-state index in [9.17, 15) is 9.18 Å². The minimum atomic E-state index is -0.239. The molecule has 1 atom stereocenters. The Labute approximate surface area is 149 Å². The number of guanidine groups is 1. The average molecular weight is 355 g/mol. The highest BCUT2D eigenvalue weighted by molar-refractivity contribution is 7.10. The summed E-state index contributed by atoms with van der Waals surface area (Å²) in [6, 6.07) is 7.01. The monoisotopic (exact) mass is 355 g/mol. The molecular weight excluding hydrogens is 337 g/mol. The predicted octanol–water partition coefficient (Wildman–Crippen LogP) is 3.95. The Balaban J connectivity index is 1.65. The van der Waals surface area contributed by atoms with Crippen molar-refractivity contribution < 1.29 is 9.18 Å². The molecule has 1 aliphatic heterocycles. The first-order chi connectivity index (χ1) is 12.0. The molecule has 0 saturated heterocycles. The number of carbonyl (C=O) groups excluding carboxylic acids is 1. The number of allylic oxidation sites excluding steroid dienone is 2. The maximum absolute atomic E-state index is 14.1. The highest BCUT2D eigenvalue weighted by Gasteiger charge is 2.26. The number of hydrogen-bond donors (Lipinski definition) is 1. The summed E-state index contributed by atoms with van der Waals surface area (Å²) in [5.74, 6) is 0.0362. The number of nitrogens with zero attached hydrogens (tertiary/aromatic N) is 2. The normalized spacial score (nSPS) is 20.2. The molecule has 0 saturated carbocycles. The van der Waals surface area contributed by atoms with E-state index in [1.54, 1.807) is 24.5 Å². The van der Waals surface area contributed by atoms with Gasteiger partial charge in [0.05, 0.1) is 12.5 Å². The van der Waals surface area contributed by atoms with Crippen LogP contribution < -0.4 is 5.73 Å². The van der Waals surface area contributed by atoms with E-state index in [2.05, 4.69) is 11.1 Å². The third-order valence-electron chi connectivity index (χ3n) is 4.77. The van der Waals surface area contributed by atoms with E-state index in [4.69, 9.17) is 5.73 Å². The second-order valence-corrected chi connectivity index (χ2v) is 7.30. The largest absolute Gasteiger partial charge is 0.369 e. The van der Waals surface area contributed by atoms with Crippen molar-refractivity contribution in [1.82, 2.24) is 4.90 Å². The molecule has 2 aliphatic rings. The fourth-order valence-electron chi connectivity index (χ4n) is 3.05. The highest BCUT2D eigenvalue weighted by Crippen LogP contribution is 2.37. The molecule has 2 heterocycles. The SMILES string of the molecule is CN1C(=O)CC(c2cc(-c3ccc(F)c(C4=CCC4)c3)cs2)N=C1N. The lowest BCUT2D eigenvalue weighted by molar-refractivity contribution is -0.127. The third kappa shape index (κ3) is 2.87. The van der Waals surface area contributed by atoms with E-state index in [0.717, 1.165) is 34.4 Å². The lowest BCUT2D eigenvalue weighted by atomic mass is 9.90. The smallest absolute Gasteiger partial charge is 0.231 e. The molecular formula is C19H18FN3OS. The van der Waals surface area contributed by atoms with E-state index in [1.807, 2.05) is 17.5 Å². The number of thiophene rings is 1. The van der Waals surface area contributed by atoms with Gasteiger partial charge >= 0.3 is 0 Å². The van der Waals surface area contributed by atoms with Crippen LogP contribution in [0.2, 0.25) is 0 Å². The van der Waals surface area contributed by atoms with E-state index < -0.39 is 0 Å². The molecule has 25 heavy (non-hydrogen) atoms. The molecule has 128 valence electrons. The van der Waals surface area contributed by atoms with Crippen molar-refractivity contribution in [2.24, 2.45) is 10.7 Å². The van der Waals surface area contributed by atoms with Crippen molar-refractivity contribution in [3.05, 3.63) is 52.0 Å². The second kappa shape index (κ2) is 6.11. The topological polar surface area (TPSA) is 58.7 Å². The van der Waals surface area contributed by atoms with Gasteiger partial charge in [0.1, 0.15) is 5.82 Å². The zero-order valence-corrected chi connectivity index (χ0v) is 14.6. The number of aliphatic imine (C=N–C) groups is 1. The lowest BCUT2D eigenvalue weighted by Crippen LogP contribution is -2.42. The Kier molecular flexibility index (Phi) is 3.92. The molecule has 0 bridgehead atoms. The zero-order chi connectivity index (χ0) is 17.6. The summed E-state index contributed by atoms with van der Waals surface area (Å²) in [6.45, 7) is 0. The summed E-state index contributed by atoms with van der Waals surface area (Å²) in [5.41, 5.74) is 9.57. The Bertz CT molecular complexity index is 915. The van der Waals surface area contributed by atoms with Crippen LogP contribution in [0.4, 0.5) is 4.39 Å². The number of nitrogens with two attached hydrogens (primary N) is 1. The Morgan fingerprint density at radius 1 is 1.32 bits per heavy atom. The van der Waals surface area contributed by atoms with Crippen LogP contribution in [0, 0.1) is 5.82 Å². The molecule has 1 aromatic carbocycles. The minimum Gasteiger partial charge on any atom is -0.369 e. The lowest BCUT2D eigenvalue weighted by Gasteiger charge is -2.24. The van der Waals surface area contributed by atoms with Crippen LogP contribution in [0.5, 0.6) is 0 Å². The highest BCUT2D eigenvalue weighted by atomic mass is 32.1. The number of hydrogen-bond acceptors (Lipinski definition) is 4. The van der Waals surface area contributed by atoms with E-state index >= 15 is 0 Å². The summed E-state index contributed by atoms with van der Waals surface area (Å²) in [5, 5.41) is 2.02. The van der Waals surface area contributed by atoms with Crippen LogP contribution >= 0.6 is 11.3 Å². The first kappa shape index (κ1) is 16.0. The molecule has 4 rings (SSSR count). The van der Waals surface area contributed by atoms with E-state index in [-0.39, 0.29) is 23.7 Å². The molecule has 1 aromatic heterocycles. The second-order valence-electron chi connectivity index (χ2n) is 6.36. The Morgan fingerprint density at radius 2 is 2.12 bits per heavy atom. The van der Waals surface area contributed by atoms with Crippen molar-refractivity contribution in [3.8, 4) is 11.1 Å². The molecule has 2 N–H and O–H groups in total. The first-order valence-corrected chi connectivity index (χ1v) is 9.08. The van der Waals surface area contributed by atoms with Gasteiger partial charge in [-0.05, 0) is 53.1 Å². The third-order valence-corrected chi connectivity index (χ3v) is 5.81. The number of amides is 1. The zero-order valence-electron chi connectivity index (χ0n) is 13.8. The van der Waals surface area contributed by atoms with Gasteiger partial charge in [0.25, 0.3) is 0 Å². The standard InChI is InChI=1S/C19H18FN3OS/c1-23-18(24)9-16(22-19(23)21)17-8-13(10-25-17)12-5-6-15(20)14(7-12)11-3-2-4-11/h3,5-8,10,16H,2,4,9H2,1H3,(H2,21,22). The first-order valence-electron chi connectivity index (χ1n) is 8.20. The maximum Gasteiger partial charge on any atom is 0.231 e. The van der Waals surface area contributed by atoms with Gasteiger partial charge in [0.15, 0.2) is 5.96 Å². The van der Waals surface area contributed by atoms with E-state index in [1.165, 1.54) is 11.0 Å². The van der Waals surface area contributed by atoms with Gasteiger partial charge in [0, 0.05) is 17.5 Å². The van der Waals surface area contributed by atoms with E-state index in [0.29, 0.717) is 12.0 Å². The van der Waals surface area contributed by atoms with Gasteiger partial charge in [-0.25, -0.2) is 9.38 Å². The summed E-state index contributed by atoms with van der Waals surface area (Å²) >= 11 is 1.55. The van der Waals surface area contributed by atoms with Crippen molar-refractivity contribution in [3.63, 3.8) is 0 Å². The molecule has 1 aliphatic carbocycles. The molecule has 1 amide bonds. The van der Waals surface area contributed by atoms with Crippen LogP contribution in [-0.4, -0.2) is 23.8 Å². The number of benzene rings is 1. The predicted molar refractivity (Wildman–Crippen MR) is 98.7 cm³/mol. The maximum atomic E-state index is 14.1. The Morgan fingerprint density at radius 3 is 2.80 bits per heavy atom. The summed E-state index contributed by atoms with van der Waals surface area (Å²) in [4.78, 5) is 18.8. The van der Waals surface area contributed by atoms with Crippen LogP contribution in [0.3, 0.4) is 0 Å². The number of halogens is 1. The van der Waals surface area contributed by atoms with Gasteiger partial charge in [-0.2, -0.15) is 0 Å². The number of carbonyl (C=O) groups is 1. The van der Waals surface area contributed by atoms with Crippen molar-refractivity contribution in [2.45, 2.75) is 25.3 Å².